The van der Waals surface area contributed by atoms with Crippen LogP contribution in [-0.2, 0) is 19.8 Å². The maximum atomic E-state index is 13.4. The summed E-state index contributed by atoms with van der Waals surface area (Å²) in [6, 6.07) is 7.27. The summed E-state index contributed by atoms with van der Waals surface area (Å²) in [5.74, 6) is -1.02. The number of hydrogen-bond acceptors (Lipinski definition) is 3. The number of benzene rings is 1. The molecule has 5 nitrogen and oxygen atoms in total. The van der Waals surface area contributed by atoms with Crippen LogP contribution in [0, 0.1) is 11.8 Å². The molecule has 0 bridgehead atoms. The van der Waals surface area contributed by atoms with Crippen molar-refractivity contribution < 1.29 is 14.4 Å². The van der Waals surface area contributed by atoms with Gasteiger partial charge in [-0.15, -0.1) is 0 Å². The van der Waals surface area contributed by atoms with Crippen molar-refractivity contribution in [1.82, 2.24) is 4.90 Å². The molecule has 1 N–H and O–H groups in total. The van der Waals surface area contributed by atoms with Gasteiger partial charge < -0.3 is 10.2 Å². The molecule has 1 aromatic carbocycles. The zero-order chi connectivity index (χ0) is 18.9. The molecule has 2 amide bonds. The van der Waals surface area contributed by atoms with Crippen molar-refractivity contribution in [3.63, 3.8) is 0 Å². The third-order valence-corrected chi connectivity index (χ3v) is 6.51. The zero-order valence-corrected chi connectivity index (χ0v) is 15.5. The second-order valence-corrected chi connectivity index (χ2v) is 8.27. The Morgan fingerprint density at radius 2 is 2.00 bits per heavy atom. The molecule has 0 aromatic heterocycles. The highest BCUT2D eigenvalue weighted by atomic mass is 16.2. The lowest BCUT2D eigenvalue weighted by Gasteiger charge is -2.37. The normalized spacial score (nSPS) is 33.6. The highest BCUT2D eigenvalue weighted by Gasteiger charge is 2.63. The van der Waals surface area contributed by atoms with Gasteiger partial charge in [0, 0.05) is 23.7 Å². The van der Waals surface area contributed by atoms with Gasteiger partial charge in [-0.3, -0.25) is 14.4 Å². The first kappa shape index (κ1) is 16.5. The van der Waals surface area contributed by atoms with E-state index in [1.807, 2.05) is 44.2 Å². The van der Waals surface area contributed by atoms with Crippen LogP contribution in [0.2, 0.25) is 0 Å². The first-order valence-electron chi connectivity index (χ1n) is 9.58. The summed E-state index contributed by atoms with van der Waals surface area (Å²) in [5.41, 5.74) is 2.19. The van der Waals surface area contributed by atoms with Gasteiger partial charge in [-0.05, 0) is 38.3 Å². The standard InChI is InChI=1S/C22H22N2O3/c1-12(2)10-15-18-13(20(26)24-9-5-8-17(24)19(18)25)11-22(15)14-6-3-4-7-16(14)23-21(22)27/h3-4,6-7,10-11,15,17-18H,5,8-9H2,1-2H3,(H,23,27)/t15-,17+,18?,22+/m1/s1. The lowest BCUT2D eigenvalue weighted by molar-refractivity contribution is -0.142. The van der Waals surface area contributed by atoms with E-state index in [2.05, 4.69) is 5.32 Å². The Balaban J connectivity index is 1.76. The highest BCUT2D eigenvalue weighted by molar-refractivity contribution is 6.15. The second kappa shape index (κ2) is 5.41. The van der Waals surface area contributed by atoms with Crippen LogP contribution in [0.15, 0.2) is 47.6 Å². The molecule has 3 aliphatic heterocycles. The van der Waals surface area contributed by atoms with Crippen LogP contribution in [0.3, 0.4) is 0 Å². The monoisotopic (exact) mass is 362 g/mol. The minimum absolute atomic E-state index is 0.0664. The summed E-state index contributed by atoms with van der Waals surface area (Å²) in [4.78, 5) is 41.5. The number of amides is 2. The number of rotatable bonds is 1. The Bertz CT molecular complexity index is 956. The number of para-hydroxylation sites is 1. The Morgan fingerprint density at radius 1 is 1.22 bits per heavy atom. The van der Waals surface area contributed by atoms with Crippen molar-refractivity contribution in [3.8, 4) is 0 Å². The SMILES string of the molecule is CC(C)=C[C@@H]1C2C(=O)[C@@H]3CCCN3C(=O)C2=C[C@@]12C(=O)Nc1ccccc12. The van der Waals surface area contributed by atoms with Gasteiger partial charge in [0.05, 0.1) is 12.0 Å². The van der Waals surface area contributed by atoms with Gasteiger partial charge in [-0.25, -0.2) is 0 Å². The second-order valence-electron chi connectivity index (χ2n) is 8.27. The lowest BCUT2D eigenvalue weighted by Crippen LogP contribution is -2.52. The fourth-order valence-electron chi connectivity index (χ4n) is 5.45. The van der Waals surface area contributed by atoms with Crippen molar-refractivity contribution in [3.05, 3.63) is 53.1 Å². The molecule has 138 valence electrons. The number of carbonyl (C=O) groups is 3. The first-order valence-corrected chi connectivity index (χ1v) is 9.58. The number of anilines is 1. The van der Waals surface area contributed by atoms with Crippen molar-refractivity contribution in [2.75, 3.05) is 11.9 Å². The van der Waals surface area contributed by atoms with Crippen LogP contribution in [0.1, 0.15) is 32.3 Å². The smallest absolute Gasteiger partial charge is 0.250 e. The van der Waals surface area contributed by atoms with E-state index >= 15 is 0 Å². The number of fused-ring (bicyclic) bond motifs is 4. The molecule has 0 saturated carbocycles. The fourth-order valence-corrected chi connectivity index (χ4v) is 5.45. The molecule has 2 saturated heterocycles. The van der Waals surface area contributed by atoms with Gasteiger partial charge in [-0.2, -0.15) is 0 Å². The maximum Gasteiger partial charge on any atom is 0.250 e. The van der Waals surface area contributed by atoms with Gasteiger partial charge in [0.1, 0.15) is 5.41 Å². The number of nitrogens with one attached hydrogen (secondary N) is 1. The van der Waals surface area contributed by atoms with Crippen LogP contribution in [0.5, 0.6) is 0 Å². The lowest BCUT2D eigenvalue weighted by atomic mass is 9.68. The van der Waals surface area contributed by atoms with Crippen LogP contribution in [-0.4, -0.2) is 35.1 Å². The van der Waals surface area contributed by atoms with Crippen LogP contribution >= 0.6 is 0 Å². The molecule has 3 heterocycles. The molecule has 2 fully saturated rings. The molecule has 5 rings (SSSR count). The largest absolute Gasteiger partial charge is 0.329 e. The summed E-state index contributed by atoms with van der Waals surface area (Å²) in [6.07, 6.45) is 5.42. The molecular weight excluding hydrogens is 340 g/mol. The molecule has 1 aliphatic carbocycles. The van der Waals surface area contributed by atoms with Crippen molar-refractivity contribution in [2.24, 2.45) is 11.8 Å². The minimum Gasteiger partial charge on any atom is -0.329 e. The van der Waals surface area contributed by atoms with Crippen LogP contribution < -0.4 is 5.32 Å². The Labute approximate surface area is 158 Å². The predicted octanol–water partition coefficient (Wildman–Crippen LogP) is 2.59. The van der Waals surface area contributed by atoms with E-state index in [1.165, 1.54) is 0 Å². The van der Waals surface area contributed by atoms with E-state index in [0.717, 1.165) is 29.7 Å². The van der Waals surface area contributed by atoms with E-state index < -0.39 is 11.3 Å². The van der Waals surface area contributed by atoms with Crippen molar-refractivity contribution in [2.45, 2.75) is 38.1 Å². The first-order chi connectivity index (χ1) is 12.9. The van der Waals surface area contributed by atoms with E-state index in [-0.39, 0.29) is 29.6 Å². The van der Waals surface area contributed by atoms with E-state index in [4.69, 9.17) is 0 Å². The summed E-state index contributed by atoms with van der Waals surface area (Å²) < 4.78 is 0. The number of carbonyl (C=O) groups excluding carboxylic acids is 3. The van der Waals surface area contributed by atoms with Crippen LogP contribution in [0.4, 0.5) is 5.69 Å². The topological polar surface area (TPSA) is 66.5 Å². The summed E-state index contributed by atoms with van der Waals surface area (Å²) >= 11 is 0. The van der Waals surface area contributed by atoms with Gasteiger partial charge in [-0.1, -0.05) is 35.9 Å². The van der Waals surface area contributed by atoms with Gasteiger partial charge in [0.25, 0.3) is 5.91 Å². The maximum absolute atomic E-state index is 13.4. The molecule has 1 spiro atoms. The summed E-state index contributed by atoms with van der Waals surface area (Å²) in [7, 11) is 0. The van der Waals surface area contributed by atoms with E-state index in [9.17, 15) is 14.4 Å². The molecule has 4 aliphatic rings. The highest BCUT2D eigenvalue weighted by Crippen LogP contribution is 2.56. The number of hydrogen-bond donors (Lipinski definition) is 1. The predicted molar refractivity (Wildman–Crippen MR) is 101 cm³/mol. The average molecular weight is 362 g/mol. The Morgan fingerprint density at radius 3 is 2.78 bits per heavy atom. The van der Waals surface area contributed by atoms with Crippen molar-refractivity contribution >= 4 is 23.3 Å². The molecular formula is C22H22N2O3. The summed E-state index contributed by atoms with van der Waals surface area (Å²) in [6.45, 7) is 4.57. The molecule has 1 unspecified atom stereocenters. The molecule has 27 heavy (non-hydrogen) atoms. The Kier molecular flexibility index (Phi) is 3.30. The van der Waals surface area contributed by atoms with Crippen molar-refractivity contribution in [1.29, 1.82) is 0 Å². The molecule has 5 heteroatoms. The third-order valence-electron chi connectivity index (χ3n) is 6.51. The number of ketones is 1. The van der Waals surface area contributed by atoms with Gasteiger partial charge >= 0.3 is 0 Å². The molecule has 0 radical (unpaired) electrons. The fraction of sp³-hybridized carbons (Fsp3) is 0.409. The average Bonchev–Trinajstić information content (AvgIpc) is 3.31. The van der Waals surface area contributed by atoms with E-state index in [0.29, 0.717) is 12.1 Å². The minimum atomic E-state index is -0.987. The molecule has 1 aromatic rings. The number of allylic oxidation sites excluding steroid dienone is 2. The number of piperidine rings is 1. The zero-order valence-electron chi connectivity index (χ0n) is 15.5. The molecule has 4 atom stereocenters. The number of nitrogens with zero attached hydrogens (tertiary/aromatic N) is 1. The van der Waals surface area contributed by atoms with Crippen LogP contribution in [0.25, 0.3) is 0 Å². The number of Topliss-reactive ketones (excluding diaryl/α,β-unsaturated/α-hetero) is 1. The summed E-state index contributed by atoms with van der Waals surface area (Å²) in [5, 5.41) is 2.97. The van der Waals surface area contributed by atoms with E-state index in [1.54, 1.807) is 11.0 Å². The Hall–Kier alpha value is -2.69. The van der Waals surface area contributed by atoms with Gasteiger partial charge in [0.15, 0.2) is 5.78 Å². The quantitative estimate of drug-likeness (QED) is 0.781. The third kappa shape index (κ3) is 1.97. The van der Waals surface area contributed by atoms with Gasteiger partial charge in [0.2, 0.25) is 5.91 Å².